The molecular formula is C21H21NO4. The number of hydrogen-bond acceptors (Lipinski definition) is 3. The van der Waals surface area contributed by atoms with E-state index in [1.165, 1.54) is 0 Å². The van der Waals surface area contributed by atoms with E-state index in [9.17, 15) is 19.5 Å². The van der Waals surface area contributed by atoms with E-state index in [2.05, 4.69) is 0 Å². The lowest BCUT2D eigenvalue weighted by Crippen LogP contribution is -2.38. The third-order valence-corrected chi connectivity index (χ3v) is 5.05. The van der Waals surface area contributed by atoms with Crippen molar-refractivity contribution in [3.63, 3.8) is 0 Å². The van der Waals surface area contributed by atoms with Crippen LogP contribution in [0.15, 0.2) is 48.5 Å². The second kappa shape index (κ2) is 7.12. The van der Waals surface area contributed by atoms with E-state index in [0.29, 0.717) is 29.7 Å². The fourth-order valence-electron chi connectivity index (χ4n) is 3.44. The lowest BCUT2D eigenvalue weighted by Gasteiger charge is -2.24. The summed E-state index contributed by atoms with van der Waals surface area (Å²) < 4.78 is 0. The number of benzene rings is 2. The molecule has 0 radical (unpaired) electrons. The van der Waals surface area contributed by atoms with Crippen LogP contribution in [0.1, 0.15) is 45.2 Å². The average molecular weight is 351 g/mol. The molecule has 5 nitrogen and oxygen atoms in total. The number of aliphatic carboxylic acids is 1. The lowest BCUT2D eigenvalue weighted by atomic mass is 9.96. The van der Waals surface area contributed by atoms with E-state index < -0.39 is 17.9 Å². The zero-order valence-corrected chi connectivity index (χ0v) is 14.8. The molecule has 5 heteroatoms. The number of rotatable bonds is 4. The van der Waals surface area contributed by atoms with Crippen molar-refractivity contribution in [1.82, 2.24) is 4.90 Å². The Morgan fingerprint density at radius 3 is 2.19 bits per heavy atom. The van der Waals surface area contributed by atoms with Crippen molar-refractivity contribution in [2.75, 3.05) is 6.54 Å². The van der Waals surface area contributed by atoms with Crippen molar-refractivity contribution in [3.8, 4) is 0 Å². The SMILES string of the molecule is Cc1ccc(C(=O)c2ccccc2C(=O)N2CCC(C(=O)O)C2C)cc1. The molecule has 26 heavy (non-hydrogen) atoms. The van der Waals surface area contributed by atoms with E-state index in [1.807, 2.05) is 19.1 Å². The Kier molecular flexibility index (Phi) is 4.89. The highest BCUT2D eigenvalue weighted by Gasteiger charge is 2.39. The van der Waals surface area contributed by atoms with Crippen LogP contribution in [0.4, 0.5) is 0 Å². The van der Waals surface area contributed by atoms with Crippen LogP contribution in [0.25, 0.3) is 0 Å². The fourth-order valence-corrected chi connectivity index (χ4v) is 3.44. The summed E-state index contributed by atoms with van der Waals surface area (Å²) >= 11 is 0. The molecule has 2 unspecified atom stereocenters. The number of aryl methyl sites for hydroxylation is 1. The smallest absolute Gasteiger partial charge is 0.308 e. The fraction of sp³-hybridized carbons (Fsp3) is 0.286. The summed E-state index contributed by atoms with van der Waals surface area (Å²) in [5.74, 6) is -1.97. The maximum Gasteiger partial charge on any atom is 0.308 e. The van der Waals surface area contributed by atoms with Gasteiger partial charge >= 0.3 is 5.97 Å². The Morgan fingerprint density at radius 2 is 1.62 bits per heavy atom. The van der Waals surface area contributed by atoms with Crippen LogP contribution >= 0.6 is 0 Å². The zero-order chi connectivity index (χ0) is 18.8. The standard InChI is InChI=1S/C21H21NO4/c1-13-7-9-15(10-8-13)19(23)17-5-3-4-6-18(17)20(24)22-12-11-16(14(22)2)21(25)26/h3-10,14,16H,11-12H2,1-2H3,(H,25,26). The van der Waals surface area contributed by atoms with E-state index in [4.69, 9.17) is 0 Å². The minimum absolute atomic E-state index is 0.212. The molecule has 2 aromatic carbocycles. The molecule has 0 saturated carbocycles. The molecular weight excluding hydrogens is 330 g/mol. The first-order chi connectivity index (χ1) is 12.4. The maximum absolute atomic E-state index is 13.0. The van der Waals surface area contributed by atoms with Gasteiger partial charge in [-0.15, -0.1) is 0 Å². The predicted octanol–water partition coefficient (Wildman–Crippen LogP) is 3.16. The monoisotopic (exact) mass is 351 g/mol. The van der Waals surface area contributed by atoms with Gasteiger partial charge in [0.05, 0.1) is 11.5 Å². The molecule has 1 saturated heterocycles. The summed E-state index contributed by atoms with van der Waals surface area (Å²) in [5, 5.41) is 9.28. The van der Waals surface area contributed by atoms with Crippen molar-refractivity contribution in [2.45, 2.75) is 26.3 Å². The summed E-state index contributed by atoms with van der Waals surface area (Å²) in [5.41, 5.74) is 2.23. The molecule has 3 rings (SSSR count). The van der Waals surface area contributed by atoms with Crippen LogP contribution in [0, 0.1) is 12.8 Å². The quantitative estimate of drug-likeness (QED) is 0.859. The molecule has 0 aromatic heterocycles. The van der Waals surface area contributed by atoms with Gasteiger partial charge in [-0.3, -0.25) is 14.4 Å². The second-order valence-corrected chi connectivity index (χ2v) is 6.71. The summed E-state index contributed by atoms with van der Waals surface area (Å²) in [6.07, 6.45) is 0.427. The van der Waals surface area contributed by atoms with Crippen molar-refractivity contribution in [2.24, 2.45) is 5.92 Å². The van der Waals surface area contributed by atoms with Crippen LogP contribution < -0.4 is 0 Å². The Balaban J connectivity index is 1.92. The van der Waals surface area contributed by atoms with Gasteiger partial charge in [-0.05, 0) is 26.3 Å². The first-order valence-electron chi connectivity index (χ1n) is 8.64. The Bertz CT molecular complexity index is 857. The molecule has 1 N–H and O–H groups in total. The highest BCUT2D eigenvalue weighted by Crippen LogP contribution is 2.27. The molecule has 134 valence electrons. The summed E-state index contributed by atoms with van der Waals surface area (Å²) in [6.45, 7) is 4.07. The van der Waals surface area contributed by atoms with Gasteiger partial charge in [-0.2, -0.15) is 0 Å². The molecule has 2 aromatic rings. The van der Waals surface area contributed by atoms with Gasteiger partial charge in [-0.1, -0.05) is 48.0 Å². The Morgan fingerprint density at radius 1 is 1.00 bits per heavy atom. The molecule has 0 spiro atoms. The number of carboxylic acid groups (broad SMARTS) is 1. The average Bonchev–Trinajstić information content (AvgIpc) is 3.03. The number of likely N-dealkylation sites (tertiary alicyclic amines) is 1. The third kappa shape index (κ3) is 3.25. The van der Waals surface area contributed by atoms with Crippen LogP contribution in [0.2, 0.25) is 0 Å². The number of carbonyl (C=O) groups excluding carboxylic acids is 2. The van der Waals surface area contributed by atoms with Gasteiger partial charge in [0.2, 0.25) is 0 Å². The molecule has 0 aliphatic carbocycles. The van der Waals surface area contributed by atoms with Crippen molar-refractivity contribution < 1.29 is 19.5 Å². The number of carbonyl (C=O) groups is 3. The zero-order valence-electron chi connectivity index (χ0n) is 14.8. The van der Waals surface area contributed by atoms with Crippen LogP contribution in [-0.4, -0.2) is 40.3 Å². The Labute approximate surface area is 152 Å². The number of carboxylic acids is 1. The molecule has 1 aliphatic heterocycles. The van der Waals surface area contributed by atoms with E-state index >= 15 is 0 Å². The molecule has 1 amide bonds. The van der Waals surface area contributed by atoms with E-state index in [-0.39, 0.29) is 11.7 Å². The minimum atomic E-state index is -0.892. The largest absolute Gasteiger partial charge is 0.481 e. The topological polar surface area (TPSA) is 74.7 Å². The molecule has 0 bridgehead atoms. The van der Waals surface area contributed by atoms with Crippen molar-refractivity contribution in [3.05, 3.63) is 70.8 Å². The summed E-state index contributed by atoms with van der Waals surface area (Å²) in [6, 6.07) is 13.5. The van der Waals surface area contributed by atoms with Gasteiger partial charge in [-0.25, -0.2) is 0 Å². The van der Waals surface area contributed by atoms with Crippen LogP contribution in [0.3, 0.4) is 0 Å². The number of ketones is 1. The second-order valence-electron chi connectivity index (χ2n) is 6.71. The summed E-state index contributed by atoms with van der Waals surface area (Å²) in [7, 11) is 0. The van der Waals surface area contributed by atoms with Crippen molar-refractivity contribution in [1.29, 1.82) is 0 Å². The third-order valence-electron chi connectivity index (χ3n) is 5.05. The molecule has 1 heterocycles. The van der Waals surface area contributed by atoms with Crippen LogP contribution in [0.5, 0.6) is 0 Å². The van der Waals surface area contributed by atoms with Gasteiger partial charge in [0.1, 0.15) is 0 Å². The highest BCUT2D eigenvalue weighted by molar-refractivity contribution is 6.15. The Hall–Kier alpha value is -2.95. The maximum atomic E-state index is 13.0. The van der Waals surface area contributed by atoms with E-state index in [1.54, 1.807) is 48.2 Å². The first kappa shape index (κ1) is 17.9. The van der Waals surface area contributed by atoms with Crippen LogP contribution in [-0.2, 0) is 4.79 Å². The first-order valence-corrected chi connectivity index (χ1v) is 8.64. The lowest BCUT2D eigenvalue weighted by molar-refractivity contribution is -0.142. The predicted molar refractivity (Wildman–Crippen MR) is 97.3 cm³/mol. The highest BCUT2D eigenvalue weighted by atomic mass is 16.4. The van der Waals surface area contributed by atoms with Crippen molar-refractivity contribution >= 4 is 17.7 Å². The normalized spacial score (nSPS) is 19.4. The molecule has 1 fully saturated rings. The number of nitrogens with zero attached hydrogens (tertiary/aromatic N) is 1. The van der Waals surface area contributed by atoms with Gasteiger partial charge < -0.3 is 10.0 Å². The molecule has 1 aliphatic rings. The van der Waals surface area contributed by atoms with Gasteiger partial charge in [0.25, 0.3) is 5.91 Å². The summed E-state index contributed by atoms with van der Waals surface area (Å²) in [4.78, 5) is 38.8. The van der Waals surface area contributed by atoms with E-state index in [0.717, 1.165) is 5.56 Å². The number of hydrogen-bond donors (Lipinski definition) is 1. The van der Waals surface area contributed by atoms with Gasteiger partial charge in [0.15, 0.2) is 5.78 Å². The number of amides is 1. The minimum Gasteiger partial charge on any atom is -0.481 e. The van der Waals surface area contributed by atoms with Gasteiger partial charge in [0, 0.05) is 23.7 Å². The molecule has 2 atom stereocenters.